The van der Waals surface area contributed by atoms with Crippen LogP contribution in [0.25, 0.3) is 79.2 Å². The van der Waals surface area contributed by atoms with Crippen molar-refractivity contribution in [3.63, 3.8) is 0 Å². The summed E-state index contributed by atoms with van der Waals surface area (Å²) in [6, 6.07) is 58.3. The predicted molar refractivity (Wildman–Crippen MR) is 198 cm³/mol. The summed E-state index contributed by atoms with van der Waals surface area (Å²) in [6.07, 6.45) is 0. The van der Waals surface area contributed by atoms with Gasteiger partial charge in [0, 0.05) is 33.4 Å². The average Bonchev–Trinajstić information content (AvgIpc) is 3.21. The lowest BCUT2D eigenvalue weighted by Gasteiger charge is -2.11. The van der Waals surface area contributed by atoms with E-state index < -0.39 is 0 Å². The Morgan fingerprint density at radius 2 is 0.760 bits per heavy atom. The molecule has 6 nitrogen and oxygen atoms in total. The van der Waals surface area contributed by atoms with Crippen LogP contribution in [0, 0.1) is 11.3 Å². The molecule has 0 aliphatic rings. The van der Waals surface area contributed by atoms with Crippen LogP contribution in [0.2, 0.25) is 0 Å². The molecule has 8 rings (SSSR count). The van der Waals surface area contributed by atoms with Gasteiger partial charge in [-0.15, -0.1) is 0 Å². The maximum Gasteiger partial charge on any atom is 0.165 e. The van der Waals surface area contributed by atoms with E-state index >= 15 is 0 Å². The van der Waals surface area contributed by atoms with Gasteiger partial charge in [-0.2, -0.15) is 5.26 Å². The number of benzene rings is 6. The molecule has 0 aliphatic heterocycles. The molecule has 6 heteroatoms. The van der Waals surface area contributed by atoms with Gasteiger partial charge < -0.3 is 0 Å². The number of nitrogens with zero attached hydrogens (tertiary/aromatic N) is 6. The Kier molecular flexibility index (Phi) is 8.20. The van der Waals surface area contributed by atoms with E-state index in [1.54, 1.807) is 6.07 Å². The number of nitriles is 1. The SMILES string of the molecule is N#Cc1ccccc1-c1nc(-c2ccccc2)nc(-c2cccc(-c3ccc(-c4nc(-c5ccccc5)cc(-c5ccccc5)n4)cc3)c2)n1. The molecule has 2 aromatic heterocycles. The minimum atomic E-state index is 0.452. The minimum Gasteiger partial charge on any atom is -0.228 e. The van der Waals surface area contributed by atoms with Crippen LogP contribution in [0.5, 0.6) is 0 Å². The van der Waals surface area contributed by atoms with Gasteiger partial charge in [0.15, 0.2) is 23.3 Å². The lowest BCUT2D eigenvalue weighted by atomic mass is 10.0. The predicted octanol–water partition coefficient (Wildman–Crippen LogP) is 10.2. The fourth-order valence-electron chi connectivity index (χ4n) is 5.86. The second-order valence-electron chi connectivity index (χ2n) is 11.7. The Balaban J connectivity index is 1.17. The molecular formula is C44H28N6. The minimum absolute atomic E-state index is 0.452. The van der Waals surface area contributed by atoms with Crippen molar-refractivity contribution in [1.29, 1.82) is 5.26 Å². The second kappa shape index (κ2) is 13.6. The van der Waals surface area contributed by atoms with Crippen LogP contribution < -0.4 is 0 Å². The second-order valence-corrected chi connectivity index (χ2v) is 11.7. The summed E-state index contributed by atoms with van der Waals surface area (Å²) in [4.78, 5) is 24.5. The zero-order valence-corrected chi connectivity index (χ0v) is 26.8. The molecule has 6 aromatic carbocycles. The topological polar surface area (TPSA) is 88.2 Å². The maximum absolute atomic E-state index is 9.81. The van der Waals surface area contributed by atoms with Crippen LogP contribution in [0.15, 0.2) is 170 Å². The van der Waals surface area contributed by atoms with Gasteiger partial charge in [0.05, 0.1) is 23.0 Å². The van der Waals surface area contributed by atoms with Gasteiger partial charge in [-0.3, -0.25) is 0 Å². The van der Waals surface area contributed by atoms with E-state index in [9.17, 15) is 5.26 Å². The zero-order chi connectivity index (χ0) is 33.7. The first-order chi connectivity index (χ1) is 24.7. The lowest BCUT2D eigenvalue weighted by Crippen LogP contribution is -2.01. The molecule has 234 valence electrons. The average molecular weight is 641 g/mol. The summed E-state index contributed by atoms with van der Waals surface area (Å²) in [7, 11) is 0. The molecule has 0 N–H and O–H groups in total. The van der Waals surface area contributed by atoms with Gasteiger partial charge >= 0.3 is 0 Å². The Hall–Kier alpha value is -7.10. The van der Waals surface area contributed by atoms with Crippen LogP contribution in [0.3, 0.4) is 0 Å². The molecule has 0 aliphatic carbocycles. The van der Waals surface area contributed by atoms with Gasteiger partial charge in [-0.25, -0.2) is 24.9 Å². The number of hydrogen-bond donors (Lipinski definition) is 0. The molecule has 2 heterocycles. The quantitative estimate of drug-likeness (QED) is 0.172. The first-order valence-corrected chi connectivity index (χ1v) is 16.2. The summed E-state index contributed by atoms with van der Waals surface area (Å²) in [6.45, 7) is 0. The van der Waals surface area contributed by atoms with Crippen LogP contribution in [-0.4, -0.2) is 24.9 Å². The molecule has 0 spiro atoms. The molecule has 0 saturated carbocycles. The van der Waals surface area contributed by atoms with Crippen LogP contribution in [-0.2, 0) is 0 Å². The standard InChI is InChI=1S/C44H28N6/c45-29-37-19-10-11-22-38(37)44-49-42(33-17-8-3-9-18-33)48-43(50-44)36-21-12-20-35(27-36)30-23-25-34(26-24-30)41-46-39(31-13-4-1-5-14-31)28-40(47-41)32-15-6-2-7-16-32/h1-28H. The molecule has 0 bridgehead atoms. The van der Waals surface area contributed by atoms with Gasteiger partial charge in [0.25, 0.3) is 0 Å². The molecular weight excluding hydrogens is 613 g/mol. The monoisotopic (exact) mass is 640 g/mol. The van der Waals surface area contributed by atoms with E-state index in [4.69, 9.17) is 24.9 Å². The Bertz CT molecular complexity index is 2420. The largest absolute Gasteiger partial charge is 0.228 e. The van der Waals surface area contributed by atoms with Crippen LogP contribution in [0.4, 0.5) is 0 Å². The Morgan fingerprint density at radius 3 is 1.38 bits per heavy atom. The van der Waals surface area contributed by atoms with Gasteiger partial charge in [0.2, 0.25) is 0 Å². The fraction of sp³-hybridized carbons (Fsp3) is 0. The van der Waals surface area contributed by atoms with Crippen molar-refractivity contribution in [2.45, 2.75) is 0 Å². The van der Waals surface area contributed by atoms with Gasteiger partial charge in [0.1, 0.15) is 0 Å². The highest BCUT2D eigenvalue weighted by molar-refractivity contribution is 5.76. The molecule has 0 amide bonds. The molecule has 0 unspecified atom stereocenters. The molecule has 0 atom stereocenters. The Labute approximate surface area is 290 Å². The third-order valence-corrected chi connectivity index (χ3v) is 8.42. The van der Waals surface area contributed by atoms with E-state index in [1.807, 2.05) is 103 Å². The van der Waals surface area contributed by atoms with Gasteiger partial charge in [-0.05, 0) is 35.4 Å². The van der Waals surface area contributed by atoms with E-state index in [2.05, 4.69) is 66.7 Å². The van der Waals surface area contributed by atoms with E-state index in [-0.39, 0.29) is 0 Å². The normalized spacial score (nSPS) is 10.8. The van der Waals surface area contributed by atoms with Crippen LogP contribution in [0.1, 0.15) is 5.56 Å². The lowest BCUT2D eigenvalue weighted by molar-refractivity contribution is 1.07. The van der Waals surface area contributed by atoms with E-state index in [0.29, 0.717) is 34.4 Å². The van der Waals surface area contributed by atoms with Crippen LogP contribution >= 0.6 is 0 Å². The van der Waals surface area contributed by atoms with E-state index in [0.717, 1.165) is 50.3 Å². The molecule has 0 radical (unpaired) electrons. The highest BCUT2D eigenvalue weighted by atomic mass is 15.0. The maximum atomic E-state index is 9.81. The zero-order valence-electron chi connectivity index (χ0n) is 26.8. The summed E-state index contributed by atoms with van der Waals surface area (Å²) < 4.78 is 0. The van der Waals surface area contributed by atoms with Gasteiger partial charge in [-0.1, -0.05) is 146 Å². The van der Waals surface area contributed by atoms with Crippen molar-refractivity contribution in [2.75, 3.05) is 0 Å². The number of rotatable bonds is 7. The number of hydrogen-bond acceptors (Lipinski definition) is 6. The number of aromatic nitrogens is 5. The molecule has 50 heavy (non-hydrogen) atoms. The van der Waals surface area contributed by atoms with Crippen molar-refractivity contribution in [1.82, 2.24) is 24.9 Å². The smallest absolute Gasteiger partial charge is 0.165 e. The molecule has 8 aromatic rings. The highest BCUT2D eigenvalue weighted by Crippen LogP contribution is 2.31. The first-order valence-electron chi connectivity index (χ1n) is 16.2. The Morgan fingerprint density at radius 1 is 0.320 bits per heavy atom. The summed E-state index contributed by atoms with van der Waals surface area (Å²) >= 11 is 0. The van der Waals surface area contributed by atoms with Crippen molar-refractivity contribution in [3.8, 4) is 85.3 Å². The molecule has 0 saturated heterocycles. The van der Waals surface area contributed by atoms with E-state index in [1.165, 1.54) is 0 Å². The van der Waals surface area contributed by atoms with Crippen molar-refractivity contribution in [2.24, 2.45) is 0 Å². The van der Waals surface area contributed by atoms with Crippen molar-refractivity contribution in [3.05, 3.63) is 175 Å². The third-order valence-electron chi connectivity index (χ3n) is 8.42. The first kappa shape index (κ1) is 30.2. The summed E-state index contributed by atoms with van der Waals surface area (Å²) in [5.41, 5.74) is 9.66. The summed E-state index contributed by atoms with van der Waals surface area (Å²) in [5.74, 6) is 2.18. The summed E-state index contributed by atoms with van der Waals surface area (Å²) in [5, 5.41) is 9.81. The molecule has 0 fully saturated rings. The third kappa shape index (κ3) is 6.27. The van der Waals surface area contributed by atoms with Crippen molar-refractivity contribution < 1.29 is 0 Å². The van der Waals surface area contributed by atoms with Crippen molar-refractivity contribution >= 4 is 0 Å². The highest BCUT2D eigenvalue weighted by Gasteiger charge is 2.16. The fourth-order valence-corrected chi connectivity index (χ4v) is 5.86.